The average Bonchev–Trinajstić information content (AvgIpc) is 2.36. The molecular formula is C8H17Br2N3S. The molecule has 3 nitrogen and oxygen atoms in total. The number of halogens is 2. The Balaban J connectivity index is 0. The minimum absolute atomic E-state index is 0. The van der Waals surface area contributed by atoms with Gasteiger partial charge in [-0.3, -0.25) is 0 Å². The molecule has 0 spiro atoms. The number of nitrogens with one attached hydrogen (secondary N) is 1. The maximum Gasteiger partial charge on any atom is 0.0925 e. The van der Waals surface area contributed by atoms with Crippen molar-refractivity contribution in [3.8, 4) is 0 Å². The molecule has 14 heavy (non-hydrogen) atoms. The van der Waals surface area contributed by atoms with Gasteiger partial charge in [0.05, 0.1) is 12.0 Å². The van der Waals surface area contributed by atoms with Crippen LogP contribution < -0.4 is 5.73 Å². The lowest BCUT2D eigenvalue weighted by molar-refractivity contribution is 0.847. The molecule has 0 amide bonds. The number of aromatic nitrogens is 2. The third kappa shape index (κ3) is 6.06. The molecule has 1 heterocycles. The first-order valence-electron chi connectivity index (χ1n) is 4.02. The van der Waals surface area contributed by atoms with Crippen molar-refractivity contribution < 1.29 is 0 Å². The van der Waals surface area contributed by atoms with Crippen molar-refractivity contribution in [3.63, 3.8) is 0 Å². The molecule has 84 valence electrons. The van der Waals surface area contributed by atoms with Crippen LogP contribution >= 0.6 is 45.7 Å². The number of aryl methyl sites for hydroxylation is 1. The van der Waals surface area contributed by atoms with Crippen molar-refractivity contribution in [2.45, 2.75) is 25.6 Å². The van der Waals surface area contributed by atoms with Gasteiger partial charge in [-0.1, -0.05) is 0 Å². The smallest absolute Gasteiger partial charge is 0.0925 e. The van der Waals surface area contributed by atoms with E-state index in [2.05, 4.69) is 9.97 Å². The summed E-state index contributed by atoms with van der Waals surface area (Å²) in [5.41, 5.74) is 7.92. The van der Waals surface area contributed by atoms with E-state index in [1.807, 2.05) is 25.6 Å². The van der Waals surface area contributed by atoms with E-state index in [9.17, 15) is 0 Å². The van der Waals surface area contributed by atoms with Gasteiger partial charge in [0.1, 0.15) is 0 Å². The normalized spacial score (nSPS) is 11.4. The lowest BCUT2D eigenvalue weighted by Crippen LogP contribution is -2.17. The molecule has 0 radical (unpaired) electrons. The first-order valence-corrected chi connectivity index (χ1v) is 5.18. The number of rotatable bonds is 4. The fraction of sp³-hybridized carbons (Fsp3) is 0.625. The van der Waals surface area contributed by atoms with Crippen molar-refractivity contribution >= 4 is 45.7 Å². The Kier molecular flexibility index (Phi) is 10.6. The third-order valence-corrected chi connectivity index (χ3v) is 2.79. The fourth-order valence-corrected chi connectivity index (χ4v) is 1.85. The van der Waals surface area contributed by atoms with Gasteiger partial charge >= 0.3 is 0 Å². The second-order valence-electron chi connectivity index (χ2n) is 2.97. The monoisotopic (exact) mass is 345 g/mol. The molecule has 0 aromatic carbocycles. The zero-order chi connectivity index (χ0) is 8.97. The maximum absolute atomic E-state index is 5.62. The Bertz CT molecular complexity index is 240. The first kappa shape index (κ1) is 16.9. The van der Waals surface area contributed by atoms with Crippen LogP contribution in [0.25, 0.3) is 0 Å². The molecule has 1 aromatic heterocycles. The van der Waals surface area contributed by atoms with Gasteiger partial charge in [-0.05, 0) is 13.8 Å². The third-order valence-electron chi connectivity index (χ3n) is 1.55. The Morgan fingerprint density at radius 2 is 2.21 bits per heavy atom. The van der Waals surface area contributed by atoms with E-state index < -0.39 is 0 Å². The Hall–Kier alpha value is 0.480. The van der Waals surface area contributed by atoms with E-state index in [0.717, 1.165) is 22.9 Å². The zero-order valence-corrected chi connectivity index (χ0v) is 12.6. The molecular weight excluding hydrogens is 330 g/mol. The van der Waals surface area contributed by atoms with Crippen LogP contribution in [-0.2, 0) is 5.75 Å². The molecule has 1 aromatic rings. The molecule has 0 saturated carbocycles. The molecule has 6 heteroatoms. The minimum atomic E-state index is 0. The van der Waals surface area contributed by atoms with Crippen molar-refractivity contribution in [3.05, 3.63) is 17.7 Å². The van der Waals surface area contributed by atoms with Crippen molar-refractivity contribution in [2.75, 3.05) is 5.75 Å². The summed E-state index contributed by atoms with van der Waals surface area (Å²) in [6.45, 7) is 4.05. The van der Waals surface area contributed by atoms with Crippen molar-refractivity contribution in [1.82, 2.24) is 9.97 Å². The zero-order valence-electron chi connectivity index (χ0n) is 8.32. The standard InChI is InChI=1S/C8H15N3S.2BrH/c1-6(9)3-12-4-8-7(2)10-5-11-8;;/h5-6H,3-4,9H2,1-2H3,(H,10,11);2*1H. The Morgan fingerprint density at radius 3 is 2.64 bits per heavy atom. The molecule has 0 aliphatic heterocycles. The summed E-state index contributed by atoms with van der Waals surface area (Å²) >= 11 is 1.83. The predicted octanol–water partition coefficient (Wildman–Crippen LogP) is 2.45. The van der Waals surface area contributed by atoms with Gasteiger partial charge in [0, 0.05) is 23.2 Å². The predicted molar refractivity (Wildman–Crippen MR) is 73.8 cm³/mol. The minimum Gasteiger partial charge on any atom is -0.348 e. The number of hydrogen-bond donors (Lipinski definition) is 2. The SMILES string of the molecule is Br.Br.Cc1[nH]cnc1CSCC(C)N. The van der Waals surface area contributed by atoms with Crippen LogP contribution in [0.2, 0.25) is 0 Å². The highest BCUT2D eigenvalue weighted by Gasteiger charge is 2.01. The molecule has 1 rings (SSSR count). The highest BCUT2D eigenvalue weighted by molar-refractivity contribution is 8.93. The van der Waals surface area contributed by atoms with Crippen LogP contribution in [0.5, 0.6) is 0 Å². The second kappa shape index (κ2) is 8.76. The molecule has 0 aliphatic rings. The van der Waals surface area contributed by atoms with Gasteiger partial charge in [-0.25, -0.2) is 4.98 Å². The number of H-pyrrole nitrogens is 1. The summed E-state index contributed by atoms with van der Waals surface area (Å²) in [6, 6.07) is 0.272. The van der Waals surface area contributed by atoms with Crippen molar-refractivity contribution in [2.24, 2.45) is 5.73 Å². The fourth-order valence-electron chi connectivity index (χ4n) is 0.874. The average molecular weight is 347 g/mol. The van der Waals surface area contributed by atoms with Gasteiger partial charge in [-0.15, -0.1) is 34.0 Å². The molecule has 0 bridgehead atoms. The molecule has 0 saturated heterocycles. The largest absolute Gasteiger partial charge is 0.348 e. The van der Waals surface area contributed by atoms with Crippen LogP contribution in [0.3, 0.4) is 0 Å². The lowest BCUT2D eigenvalue weighted by Gasteiger charge is -2.02. The quantitative estimate of drug-likeness (QED) is 0.880. The van der Waals surface area contributed by atoms with E-state index in [0.29, 0.717) is 0 Å². The maximum atomic E-state index is 5.62. The number of thioether (sulfide) groups is 1. The van der Waals surface area contributed by atoms with Gasteiger partial charge in [-0.2, -0.15) is 11.8 Å². The summed E-state index contributed by atoms with van der Waals surface area (Å²) in [4.78, 5) is 7.25. The summed E-state index contributed by atoms with van der Waals surface area (Å²) in [6.07, 6.45) is 1.73. The first-order chi connectivity index (χ1) is 5.70. The Morgan fingerprint density at radius 1 is 1.57 bits per heavy atom. The lowest BCUT2D eigenvalue weighted by atomic mass is 10.4. The number of hydrogen-bond acceptors (Lipinski definition) is 3. The van der Waals surface area contributed by atoms with Gasteiger partial charge in [0.15, 0.2) is 0 Å². The van der Waals surface area contributed by atoms with Crippen LogP contribution in [0, 0.1) is 6.92 Å². The number of nitrogens with zero attached hydrogens (tertiary/aromatic N) is 1. The van der Waals surface area contributed by atoms with E-state index >= 15 is 0 Å². The van der Waals surface area contributed by atoms with Crippen LogP contribution in [-0.4, -0.2) is 21.8 Å². The van der Waals surface area contributed by atoms with E-state index in [-0.39, 0.29) is 40.0 Å². The molecule has 0 fully saturated rings. The van der Waals surface area contributed by atoms with Gasteiger partial charge < -0.3 is 10.7 Å². The summed E-state index contributed by atoms with van der Waals surface area (Å²) < 4.78 is 0. The summed E-state index contributed by atoms with van der Waals surface area (Å²) in [5.74, 6) is 1.95. The highest BCUT2D eigenvalue weighted by atomic mass is 79.9. The van der Waals surface area contributed by atoms with Crippen LogP contribution in [0.1, 0.15) is 18.3 Å². The number of nitrogens with two attached hydrogens (primary N) is 1. The molecule has 1 atom stereocenters. The molecule has 1 unspecified atom stereocenters. The van der Waals surface area contributed by atoms with E-state index in [1.54, 1.807) is 6.33 Å². The van der Waals surface area contributed by atoms with Crippen LogP contribution in [0.15, 0.2) is 6.33 Å². The van der Waals surface area contributed by atoms with Crippen molar-refractivity contribution in [1.29, 1.82) is 0 Å². The Labute approximate surface area is 110 Å². The van der Waals surface area contributed by atoms with E-state index in [1.165, 1.54) is 0 Å². The topological polar surface area (TPSA) is 54.7 Å². The number of imidazole rings is 1. The highest BCUT2D eigenvalue weighted by Crippen LogP contribution is 2.12. The van der Waals surface area contributed by atoms with E-state index in [4.69, 9.17) is 5.73 Å². The van der Waals surface area contributed by atoms with Crippen LogP contribution in [0.4, 0.5) is 0 Å². The number of aromatic amines is 1. The molecule has 0 aliphatic carbocycles. The summed E-state index contributed by atoms with van der Waals surface area (Å²) in [7, 11) is 0. The van der Waals surface area contributed by atoms with Gasteiger partial charge in [0.25, 0.3) is 0 Å². The van der Waals surface area contributed by atoms with Gasteiger partial charge in [0.2, 0.25) is 0 Å². The second-order valence-corrected chi connectivity index (χ2v) is 4.00. The molecule has 3 N–H and O–H groups in total. The summed E-state index contributed by atoms with van der Waals surface area (Å²) in [5, 5.41) is 0.